The lowest BCUT2D eigenvalue weighted by molar-refractivity contribution is 0.403. The van der Waals surface area contributed by atoms with Crippen molar-refractivity contribution in [2.45, 2.75) is 29.6 Å². The van der Waals surface area contributed by atoms with Gasteiger partial charge in [0.2, 0.25) is 5.89 Å². The maximum absolute atomic E-state index is 5.03. The molecule has 0 saturated carbocycles. The van der Waals surface area contributed by atoms with Crippen LogP contribution in [-0.4, -0.2) is 26.4 Å². The molecular weight excluding hydrogens is 228 g/mol. The van der Waals surface area contributed by atoms with Crippen molar-refractivity contribution >= 4 is 29.6 Å². The van der Waals surface area contributed by atoms with Gasteiger partial charge < -0.3 is 4.52 Å². The van der Waals surface area contributed by atoms with Crippen LogP contribution < -0.4 is 0 Å². The van der Waals surface area contributed by atoms with E-state index in [0.717, 1.165) is 11.6 Å². The first-order chi connectivity index (χ1) is 7.20. The van der Waals surface area contributed by atoms with E-state index < -0.39 is 0 Å². The van der Waals surface area contributed by atoms with Gasteiger partial charge in [-0.15, -0.1) is 11.8 Å². The lowest BCUT2D eigenvalue weighted by Gasteiger charge is -2.29. The lowest BCUT2D eigenvalue weighted by atomic mass is 10.3. The van der Waals surface area contributed by atoms with Gasteiger partial charge in [-0.05, 0) is 6.08 Å². The number of nitrogens with zero attached hydrogens (tertiary/aromatic N) is 2. The second kappa shape index (κ2) is 4.61. The van der Waals surface area contributed by atoms with Crippen LogP contribution in [0.1, 0.15) is 30.8 Å². The summed E-state index contributed by atoms with van der Waals surface area (Å²) >= 11 is 3.91. The van der Waals surface area contributed by atoms with E-state index in [0.29, 0.717) is 21.6 Å². The fraction of sp³-hybridized carbons (Fsp3) is 0.600. The zero-order chi connectivity index (χ0) is 10.8. The van der Waals surface area contributed by atoms with Crippen LogP contribution in [0.5, 0.6) is 0 Å². The minimum Gasteiger partial charge on any atom is -0.335 e. The van der Waals surface area contributed by atoms with Crippen molar-refractivity contribution in [2.75, 3.05) is 5.75 Å². The molecule has 3 nitrogen and oxygen atoms in total. The molecule has 3 unspecified atom stereocenters. The van der Waals surface area contributed by atoms with Crippen LogP contribution in [-0.2, 0) is 0 Å². The van der Waals surface area contributed by atoms with Crippen molar-refractivity contribution in [2.24, 2.45) is 0 Å². The van der Waals surface area contributed by atoms with Crippen LogP contribution >= 0.6 is 23.5 Å². The summed E-state index contributed by atoms with van der Waals surface area (Å²) in [6.07, 6.45) is 1.59. The van der Waals surface area contributed by atoms with Crippen molar-refractivity contribution in [3.05, 3.63) is 18.3 Å². The van der Waals surface area contributed by atoms with Crippen molar-refractivity contribution in [1.29, 1.82) is 0 Å². The van der Waals surface area contributed by atoms with Gasteiger partial charge in [0.15, 0.2) is 5.82 Å². The number of thioether (sulfide) groups is 2. The number of aromatic nitrogens is 2. The Morgan fingerprint density at radius 2 is 2.27 bits per heavy atom. The first-order valence-corrected chi connectivity index (χ1v) is 6.93. The zero-order valence-corrected chi connectivity index (χ0v) is 10.5. The molecule has 0 aromatic carbocycles. The molecule has 0 spiro atoms. The Morgan fingerprint density at radius 3 is 2.87 bits per heavy atom. The molecule has 1 saturated heterocycles. The molecule has 2 heterocycles. The van der Waals surface area contributed by atoms with Gasteiger partial charge in [0, 0.05) is 16.3 Å². The number of rotatable bonds is 2. The Balaban J connectivity index is 2.08. The van der Waals surface area contributed by atoms with Crippen LogP contribution in [0, 0.1) is 0 Å². The molecule has 1 aromatic heterocycles. The van der Waals surface area contributed by atoms with E-state index in [1.54, 1.807) is 6.08 Å². The largest absolute Gasteiger partial charge is 0.335 e. The van der Waals surface area contributed by atoms with E-state index in [9.17, 15) is 0 Å². The normalized spacial score (nSPS) is 31.5. The average molecular weight is 242 g/mol. The van der Waals surface area contributed by atoms with E-state index in [-0.39, 0.29) is 0 Å². The van der Waals surface area contributed by atoms with Gasteiger partial charge in [-0.25, -0.2) is 0 Å². The molecule has 1 fully saturated rings. The van der Waals surface area contributed by atoms with E-state index >= 15 is 0 Å². The number of hydrogen-bond donors (Lipinski definition) is 0. The predicted octanol–water partition coefficient (Wildman–Crippen LogP) is 3.01. The summed E-state index contributed by atoms with van der Waals surface area (Å²) in [5.74, 6) is 2.38. The highest BCUT2D eigenvalue weighted by molar-refractivity contribution is 8.07. The van der Waals surface area contributed by atoms with Crippen LogP contribution in [0.2, 0.25) is 0 Å². The second-order valence-electron chi connectivity index (χ2n) is 3.56. The first-order valence-electron chi connectivity index (χ1n) is 4.94. The summed E-state index contributed by atoms with van der Waals surface area (Å²) in [5.41, 5.74) is 0. The van der Waals surface area contributed by atoms with Crippen molar-refractivity contribution < 1.29 is 4.52 Å². The molecule has 1 aliphatic rings. The highest BCUT2D eigenvalue weighted by Gasteiger charge is 2.29. The Morgan fingerprint density at radius 1 is 1.47 bits per heavy atom. The molecule has 15 heavy (non-hydrogen) atoms. The van der Waals surface area contributed by atoms with Crippen molar-refractivity contribution in [3.8, 4) is 0 Å². The van der Waals surface area contributed by atoms with E-state index in [4.69, 9.17) is 4.52 Å². The molecule has 0 bridgehead atoms. The SMILES string of the molecule is C=Cc1nc(C2CSC(C)C(C)S2)no1. The highest BCUT2D eigenvalue weighted by Crippen LogP contribution is 2.43. The fourth-order valence-electron chi connectivity index (χ4n) is 1.38. The van der Waals surface area contributed by atoms with Gasteiger partial charge in [-0.3, -0.25) is 0 Å². The van der Waals surface area contributed by atoms with E-state index in [1.165, 1.54) is 0 Å². The van der Waals surface area contributed by atoms with Gasteiger partial charge in [-0.2, -0.15) is 16.7 Å². The van der Waals surface area contributed by atoms with Gasteiger partial charge in [-0.1, -0.05) is 25.6 Å². The van der Waals surface area contributed by atoms with E-state index in [2.05, 4.69) is 30.6 Å². The van der Waals surface area contributed by atoms with Crippen LogP contribution in [0.15, 0.2) is 11.1 Å². The molecule has 2 rings (SSSR count). The van der Waals surface area contributed by atoms with Gasteiger partial charge >= 0.3 is 0 Å². The monoisotopic (exact) mass is 242 g/mol. The topological polar surface area (TPSA) is 38.9 Å². The molecule has 0 N–H and O–H groups in total. The molecule has 82 valence electrons. The Labute approximate surface area is 98.1 Å². The predicted molar refractivity (Wildman–Crippen MR) is 66.1 cm³/mol. The average Bonchev–Trinajstić information content (AvgIpc) is 2.70. The molecular formula is C10H14N2OS2. The van der Waals surface area contributed by atoms with Gasteiger partial charge in [0.05, 0.1) is 5.25 Å². The van der Waals surface area contributed by atoms with Gasteiger partial charge in [0.25, 0.3) is 0 Å². The van der Waals surface area contributed by atoms with Crippen LogP contribution in [0.3, 0.4) is 0 Å². The minimum absolute atomic E-state index is 0.360. The smallest absolute Gasteiger partial charge is 0.250 e. The van der Waals surface area contributed by atoms with E-state index in [1.807, 2.05) is 23.5 Å². The zero-order valence-electron chi connectivity index (χ0n) is 8.84. The summed E-state index contributed by atoms with van der Waals surface area (Å²) in [4.78, 5) is 4.28. The van der Waals surface area contributed by atoms with Crippen LogP contribution in [0.4, 0.5) is 0 Å². The standard InChI is InChI=1S/C10H14N2OS2/c1-4-9-11-10(12-13-9)8-5-14-6(2)7(3)15-8/h4,6-8H,1,5H2,2-3H3. The molecule has 3 atom stereocenters. The molecule has 0 amide bonds. The minimum atomic E-state index is 0.360. The summed E-state index contributed by atoms with van der Waals surface area (Å²) in [7, 11) is 0. The summed E-state index contributed by atoms with van der Waals surface area (Å²) in [5, 5.41) is 5.68. The maximum atomic E-state index is 5.03. The summed E-state index contributed by atoms with van der Waals surface area (Å²) in [6.45, 7) is 8.13. The maximum Gasteiger partial charge on any atom is 0.250 e. The third-order valence-corrected chi connectivity index (χ3v) is 5.86. The van der Waals surface area contributed by atoms with Gasteiger partial charge in [0.1, 0.15) is 0 Å². The van der Waals surface area contributed by atoms with Crippen molar-refractivity contribution in [3.63, 3.8) is 0 Å². The Bertz CT molecular complexity index is 353. The Hall–Kier alpha value is -0.420. The number of hydrogen-bond acceptors (Lipinski definition) is 5. The third-order valence-electron chi connectivity index (χ3n) is 2.47. The Kier molecular flexibility index (Phi) is 3.41. The molecule has 1 aromatic rings. The third kappa shape index (κ3) is 2.39. The molecule has 5 heteroatoms. The summed E-state index contributed by atoms with van der Waals surface area (Å²) in [6, 6.07) is 0. The fourth-order valence-corrected chi connectivity index (χ4v) is 4.21. The second-order valence-corrected chi connectivity index (χ2v) is 6.56. The molecule has 1 aliphatic heterocycles. The van der Waals surface area contributed by atoms with Crippen LogP contribution in [0.25, 0.3) is 6.08 Å². The van der Waals surface area contributed by atoms with Crippen molar-refractivity contribution in [1.82, 2.24) is 10.1 Å². The first kappa shape index (κ1) is 11.1. The summed E-state index contributed by atoms with van der Waals surface area (Å²) < 4.78 is 5.03. The lowest BCUT2D eigenvalue weighted by Crippen LogP contribution is -2.22. The molecule has 0 aliphatic carbocycles. The quantitative estimate of drug-likeness (QED) is 0.797. The molecule has 0 radical (unpaired) electrons. The highest BCUT2D eigenvalue weighted by atomic mass is 32.2.